The van der Waals surface area contributed by atoms with Crippen LogP contribution in [0.2, 0.25) is 0 Å². The molecule has 1 N–H and O–H groups in total. The molecule has 1 atom stereocenters. The monoisotopic (exact) mass is 509 g/mol. The quantitative estimate of drug-likeness (QED) is 0.145. The van der Waals surface area contributed by atoms with Crippen LogP contribution in [-0.2, 0) is 22.5 Å². The van der Waals surface area contributed by atoms with Crippen molar-refractivity contribution in [2.75, 3.05) is 11.9 Å². The molecule has 0 spiro atoms. The Labute approximate surface area is 223 Å². The van der Waals surface area contributed by atoms with E-state index in [1.807, 2.05) is 54.6 Å². The number of carbonyl (C=O) groups excluding carboxylic acids is 1. The number of esters is 1. The Bertz CT molecular complexity index is 1370. The Kier molecular flexibility index (Phi) is 9.07. The Balaban J connectivity index is 1.28. The van der Waals surface area contributed by atoms with Gasteiger partial charge in [-0.05, 0) is 47.0 Å². The molecule has 0 saturated heterocycles. The Hall–Kier alpha value is -4.65. The highest BCUT2D eigenvalue weighted by Gasteiger charge is 2.15. The van der Waals surface area contributed by atoms with Gasteiger partial charge in [-0.2, -0.15) is 4.57 Å². The van der Waals surface area contributed by atoms with Gasteiger partial charge >= 0.3 is 12.2 Å². The maximum Gasteiger partial charge on any atom is 0.307 e. The first-order chi connectivity index (χ1) is 18.5. The molecule has 0 radical (unpaired) electrons. The number of aliphatic imine (C=N–C) groups is 1. The summed E-state index contributed by atoms with van der Waals surface area (Å²) in [6, 6.07) is 29.2. The van der Waals surface area contributed by atoms with E-state index in [1.165, 1.54) is 23.6 Å². The van der Waals surface area contributed by atoms with Gasteiger partial charge in [0.05, 0.1) is 19.2 Å². The van der Waals surface area contributed by atoms with Crippen molar-refractivity contribution < 1.29 is 23.9 Å². The molecule has 194 valence electrons. The van der Waals surface area contributed by atoms with Crippen LogP contribution in [0.3, 0.4) is 0 Å². The Morgan fingerprint density at radius 1 is 0.974 bits per heavy atom. The lowest BCUT2D eigenvalue weighted by molar-refractivity contribution is -0.753. The molecule has 0 aliphatic rings. The Morgan fingerprint density at radius 2 is 1.71 bits per heavy atom. The maximum absolute atomic E-state index is 12.3. The second-order valence-corrected chi connectivity index (χ2v) is 8.76. The molecule has 1 heterocycles. The molecule has 0 amide bonds. The molecule has 0 fully saturated rings. The number of benzene rings is 3. The summed E-state index contributed by atoms with van der Waals surface area (Å²) in [6.07, 6.45) is 3.93. The van der Waals surface area contributed by atoms with Gasteiger partial charge in [-0.15, -0.1) is 0 Å². The van der Waals surface area contributed by atoms with Gasteiger partial charge in [0.25, 0.3) is 0 Å². The van der Waals surface area contributed by atoms with E-state index >= 15 is 0 Å². The van der Waals surface area contributed by atoms with Crippen LogP contribution in [0.4, 0.5) is 5.69 Å². The molecule has 7 heteroatoms. The van der Waals surface area contributed by atoms with Crippen molar-refractivity contribution >= 4 is 17.7 Å². The van der Waals surface area contributed by atoms with Gasteiger partial charge in [0.15, 0.2) is 12.4 Å². The molecule has 4 rings (SSSR count). The molecule has 3 aromatic carbocycles. The minimum atomic E-state index is -0.445. The van der Waals surface area contributed by atoms with Crippen LogP contribution in [0.5, 0.6) is 5.75 Å². The summed E-state index contributed by atoms with van der Waals surface area (Å²) >= 11 is 0. The largest absolute Gasteiger partial charge is 0.846 e. The minimum Gasteiger partial charge on any atom is -0.846 e. The zero-order valence-electron chi connectivity index (χ0n) is 21.5. The topological polar surface area (TPSA) is 86.9 Å². The van der Waals surface area contributed by atoms with Crippen LogP contribution in [0.1, 0.15) is 31.2 Å². The van der Waals surface area contributed by atoms with E-state index in [0.29, 0.717) is 12.3 Å². The number of amidine groups is 1. The highest BCUT2D eigenvalue weighted by atomic mass is 16.6. The van der Waals surface area contributed by atoms with E-state index < -0.39 is 12.2 Å². The second-order valence-electron chi connectivity index (χ2n) is 8.76. The van der Waals surface area contributed by atoms with Crippen molar-refractivity contribution in [3.8, 4) is 16.9 Å². The van der Waals surface area contributed by atoms with Crippen molar-refractivity contribution in [2.24, 2.45) is 4.99 Å². The molecular weight excluding hydrogens is 478 g/mol. The molecule has 1 aromatic heterocycles. The number of hydrogen-bond donors (Lipinski definition) is 1. The van der Waals surface area contributed by atoms with Crippen LogP contribution in [0, 0.1) is 0 Å². The SMILES string of the molecule is CC(=O)OC(C)[n+]1cccc(CN=C([O-])Nc2ccc(OCCc3ccccc3-c3ccccc3)cc2)c1. The lowest BCUT2D eigenvalue weighted by Gasteiger charge is -2.15. The molecule has 0 aliphatic carbocycles. The molecule has 7 nitrogen and oxygen atoms in total. The van der Waals surface area contributed by atoms with Gasteiger partial charge in [-0.3, -0.25) is 9.79 Å². The first-order valence-corrected chi connectivity index (χ1v) is 12.5. The lowest BCUT2D eigenvalue weighted by Crippen LogP contribution is -2.39. The summed E-state index contributed by atoms with van der Waals surface area (Å²) in [5.41, 5.74) is 5.08. The minimum absolute atomic E-state index is 0.200. The predicted octanol–water partition coefficient (Wildman–Crippen LogP) is 4.67. The fraction of sp³-hybridized carbons (Fsp3) is 0.194. The molecule has 0 aliphatic heterocycles. The zero-order chi connectivity index (χ0) is 26.7. The van der Waals surface area contributed by atoms with E-state index in [1.54, 1.807) is 36.0 Å². The summed E-state index contributed by atoms with van der Waals surface area (Å²) in [7, 11) is 0. The van der Waals surface area contributed by atoms with Gasteiger partial charge in [0.2, 0.25) is 0 Å². The van der Waals surface area contributed by atoms with Crippen molar-refractivity contribution in [1.29, 1.82) is 0 Å². The average Bonchev–Trinajstić information content (AvgIpc) is 2.93. The second kappa shape index (κ2) is 13.1. The van der Waals surface area contributed by atoms with E-state index in [-0.39, 0.29) is 12.5 Å². The predicted molar refractivity (Wildman–Crippen MR) is 145 cm³/mol. The normalized spacial score (nSPS) is 12.0. The fourth-order valence-corrected chi connectivity index (χ4v) is 4.04. The molecule has 1 unspecified atom stereocenters. The summed E-state index contributed by atoms with van der Waals surface area (Å²) in [5, 5.41) is 15.1. The number of nitrogens with one attached hydrogen (secondary N) is 1. The number of ether oxygens (including phenoxy) is 2. The summed E-state index contributed by atoms with van der Waals surface area (Å²) in [5.74, 6) is 0.372. The molecule has 38 heavy (non-hydrogen) atoms. The first-order valence-electron chi connectivity index (χ1n) is 12.5. The number of aromatic nitrogens is 1. The standard InChI is InChI=1S/C31H31N3O4/c1-23(38-24(2)35)34-19-8-9-25(22-34)21-32-31(36)33-28-14-16-29(17-15-28)37-20-18-27-12-6-7-13-30(27)26-10-4-3-5-11-26/h3-17,19,22-23H,18,20-21H2,1-2H3,(H-,32,33,36). The smallest absolute Gasteiger partial charge is 0.307 e. The zero-order valence-corrected chi connectivity index (χ0v) is 21.5. The van der Waals surface area contributed by atoms with Gasteiger partial charge < -0.3 is 19.9 Å². The molecule has 0 saturated carbocycles. The van der Waals surface area contributed by atoms with Crippen LogP contribution in [-0.4, -0.2) is 18.6 Å². The number of nitrogens with zero attached hydrogens (tertiary/aromatic N) is 2. The average molecular weight is 510 g/mol. The van der Waals surface area contributed by atoms with Crippen molar-refractivity contribution in [2.45, 2.75) is 33.0 Å². The molecular formula is C31H31N3O4. The highest BCUT2D eigenvalue weighted by molar-refractivity contribution is 5.85. The van der Waals surface area contributed by atoms with Crippen LogP contribution < -0.4 is 19.7 Å². The van der Waals surface area contributed by atoms with Crippen LogP contribution in [0.15, 0.2) is 108 Å². The third-order valence-electron chi connectivity index (χ3n) is 5.89. The third kappa shape index (κ3) is 7.67. The fourth-order valence-electron chi connectivity index (χ4n) is 4.04. The van der Waals surface area contributed by atoms with Crippen LogP contribution in [0.25, 0.3) is 11.1 Å². The van der Waals surface area contributed by atoms with Crippen LogP contribution >= 0.6 is 0 Å². The highest BCUT2D eigenvalue weighted by Crippen LogP contribution is 2.24. The van der Waals surface area contributed by atoms with Gasteiger partial charge in [-0.25, -0.2) is 0 Å². The van der Waals surface area contributed by atoms with Crippen molar-refractivity contribution in [3.05, 3.63) is 115 Å². The maximum atomic E-state index is 12.3. The van der Waals surface area contributed by atoms with E-state index in [9.17, 15) is 9.90 Å². The van der Waals surface area contributed by atoms with Gasteiger partial charge in [-0.1, -0.05) is 54.6 Å². The first kappa shape index (κ1) is 26.4. The molecule has 4 aromatic rings. The summed E-state index contributed by atoms with van der Waals surface area (Å²) in [6.45, 7) is 3.88. The lowest BCUT2D eigenvalue weighted by atomic mass is 9.98. The summed E-state index contributed by atoms with van der Waals surface area (Å²) < 4.78 is 12.9. The Morgan fingerprint density at radius 3 is 2.47 bits per heavy atom. The van der Waals surface area contributed by atoms with Gasteiger partial charge in [0.1, 0.15) is 5.75 Å². The summed E-state index contributed by atoms with van der Waals surface area (Å²) in [4.78, 5) is 15.3. The van der Waals surface area contributed by atoms with E-state index in [4.69, 9.17) is 9.47 Å². The van der Waals surface area contributed by atoms with Gasteiger partial charge in [0, 0.05) is 37.6 Å². The number of carbonyl (C=O) groups is 1. The number of pyridine rings is 1. The third-order valence-corrected chi connectivity index (χ3v) is 5.89. The number of hydrogen-bond acceptors (Lipinski definition) is 5. The number of rotatable bonds is 10. The van der Waals surface area contributed by atoms with E-state index in [2.05, 4.69) is 34.6 Å². The molecule has 0 bridgehead atoms. The van der Waals surface area contributed by atoms with Crippen molar-refractivity contribution in [3.63, 3.8) is 0 Å². The van der Waals surface area contributed by atoms with Crippen molar-refractivity contribution in [1.82, 2.24) is 0 Å². The number of anilines is 1. The van der Waals surface area contributed by atoms with E-state index in [0.717, 1.165) is 17.7 Å².